The van der Waals surface area contributed by atoms with Gasteiger partial charge in [-0.05, 0) is 20.3 Å². The van der Waals surface area contributed by atoms with Gasteiger partial charge in [-0.2, -0.15) is 0 Å². The van der Waals surface area contributed by atoms with Crippen molar-refractivity contribution in [3.8, 4) is 0 Å². The van der Waals surface area contributed by atoms with E-state index in [1.807, 2.05) is 25.7 Å². The highest BCUT2D eigenvalue weighted by atomic mass is 79.9. The van der Waals surface area contributed by atoms with Crippen LogP contribution in [0.2, 0.25) is 0 Å². The molecule has 1 amide bonds. The second-order valence-electron chi connectivity index (χ2n) is 2.39. The molecule has 2 nitrogen and oxygen atoms in total. The van der Waals surface area contributed by atoms with Crippen LogP contribution in [0.3, 0.4) is 0 Å². The normalized spacial score (nSPS) is 12.7. The molecule has 0 radical (unpaired) electrons. The Hall–Kier alpha value is -0.0500. The van der Waals surface area contributed by atoms with Gasteiger partial charge in [-0.3, -0.25) is 4.79 Å². The second kappa shape index (κ2) is 5.58. The van der Waals surface area contributed by atoms with Crippen LogP contribution in [0.4, 0.5) is 0 Å². The minimum absolute atomic E-state index is 0.00222. The molecule has 1 atom stereocenters. The van der Waals surface area contributed by atoms with Gasteiger partial charge in [0.2, 0.25) is 5.91 Å². The molecule has 0 N–H and O–H groups in total. The number of hydrogen-bond donors (Lipinski definition) is 0. The largest absolute Gasteiger partial charge is 0.342 e. The molecule has 0 heterocycles. The molecule has 0 fully saturated rings. The summed E-state index contributed by atoms with van der Waals surface area (Å²) in [5, 5.41) is 0. The number of amides is 1. The number of halogens is 1. The summed E-state index contributed by atoms with van der Waals surface area (Å²) in [6, 6.07) is 0. The summed E-state index contributed by atoms with van der Waals surface area (Å²) in [6.45, 7) is 7.60. The molecule has 0 aromatic rings. The Balaban J connectivity index is 3.97. The molecule has 0 aliphatic rings. The summed E-state index contributed by atoms with van der Waals surface area (Å²) >= 11 is 3.33. The van der Waals surface area contributed by atoms with Crippen LogP contribution >= 0.6 is 15.9 Å². The average molecular weight is 222 g/mol. The van der Waals surface area contributed by atoms with Crippen LogP contribution in [0.5, 0.6) is 0 Å². The van der Waals surface area contributed by atoms with Crippen molar-refractivity contribution in [3.05, 3.63) is 0 Å². The zero-order valence-corrected chi connectivity index (χ0v) is 9.02. The van der Waals surface area contributed by atoms with Crippen LogP contribution in [0.15, 0.2) is 0 Å². The number of hydrogen-bond acceptors (Lipinski definition) is 1. The van der Waals surface area contributed by atoms with E-state index >= 15 is 0 Å². The van der Waals surface area contributed by atoms with Gasteiger partial charge in [0.05, 0.1) is 4.83 Å². The highest BCUT2D eigenvalue weighted by Crippen LogP contribution is 2.08. The Morgan fingerprint density at radius 2 is 1.82 bits per heavy atom. The number of carbonyl (C=O) groups is 1. The van der Waals surface area contributed by atoms with Gasteiger partial charge in [-0.15, -0.1) is 0 Å². The first kappa shape index (κ1) is 11.0. The molecule has 0 bridgehead atoms. The zero-order valence-electron chi connectivity index (χ0n) is 7.43. The molecule has 66 valence electrons. The first-order valence-electron chi connectivity index (χ1n) is 4.10. The van der Waals surface area contributed by atoms with Crippen molar-refractivity contribution >= 4 is 21.8 Å². The Bertz CT molecular complexity index is 123. The summed E-state index contributed by atoms with van der Waals surface area (Å²) in [7, 11) is 0. The third kappa shape index (κ3) is 3.23. The van der Waals surface area contributed by atoms with Crippen molar-refractivity contribution in [1.29, 1.82) is 0 Å². The molecule has 0 spiro atoms. The fourth-order valence-electron chi connectivity index (χ4n) is 0.908. The quantitative estimate of drug-likeness (QED) is 0.666. The van der Waals surface area contributed by atoms with Crippen LogP contribution in [-0.4, -0.2) is 28.7 Å². The minimum atomic E-state index is 0.00222. The van der Waals surface area contributed by atoms with E-state index in [9.17, 15) is 4.79 Å². The number of nitrogens with zero attached hydrogens (tertiary/aromatic N) is 1. The molecule has 0 aliphatic carbocycles. The van der Waals surface area contributed by atoms with Gasteiger partial charge in [-0.1, -0.05) is 22.9 Å². The van der Waals surface area contributed by atoms with Crippen molar-refractivity contribution in [3.63, 3.8) is 0 Å². The van der Waals surface area contributed by atoms with Crippen molar-refractivity contribution in [2.24, 2.45) is 0 Å². The highest BCUT2D eigenvalue weighted by molar-refractivity contribution is 9.10. The molecule has 0 saturated carbocycles. The third-order valence-electron chi connectivity index (χ3n) is 1.70. The van der Waals surface area contributed by atoms with Crippen LogP contribution in [-0.2, 0) is 4.79 Å². The van der Waals surface area contributed by atoms with Crippen molar-refractivity contribution < 1.29 is 4.79 Å². The maximum Gasteiger partial charge on any atom is 0.236 e. The van der Waals surface area contributed by atoms with Crippen molar-refractivity contribution in [2.45, 2.75) is 32.0 Å². The van der Waals surface area contributed by atoms with Crippen LogP contribution in [0.1, 0.15) is 27.2 Å². The predicted molar refractivity (Wildman–Crippen MR) is 50.9 cm³/mol. The molecular weight excluding hydrogens is 206 g/mol. The van der Waals surface area contributed by atoms with Gasteiger partial charge in [0.25, 0.3) is 0 Å². The lowest BCUT2D eigenvalue weighted by Crippen LogP contribution is -2.35. The molecule has 11 heavy (non-hydrogen) atoms. The first-order valence-corrected chi connectivity index (χ1v) is 5.01. The van der Waals surface area contributed by atoms with E-state index in [-0.39, 0.29) is 10.7 Å². The highest BCUT2D eigenvalue weighted by Gasteiger charge is 2.16. The Morgan fingerprint density at radius 1 is 1.36 bits per heavy atom. The second-order valence-corrected chi connectivity index (χ2v) is 3.49. The molecule has 3 heteroatoms. The zero-order chi connectivity index (χ0) is 8.85. The minimum Gasteiger partial charge on any atom is -0.342 e. The van der Waals surface area contributed by atoms with Gasteiger partial charge >= 0.3 is 0 Å². The van der Waals surface area contributed by atoms with E-state index in [2.05, 4.69) is 15.9 Å². The summed E-state index contributed by atoms with van der Waals surface area (Å²) in [5.41, 5.74) is 0. The Morgan fingerprint density at radius 3 is 2.09 bits per heavy atom. The summed E-state index contributed by atoms with van der Waals surface area (Å²) < 4.78 is 0. The maximum atomic E-state index is 11.4. The Labute approximate surface area is 77.1 Å². The van der Waals surface area contributed by atoms with E-state index in [0.717, 1.165) is 19.5 Å². The number of carbonyl (C=O) groups excluding carboxylic acids is 1. The monoisotopic (exact) mass is 221 g/mol. The van der Waals surface area contributed by atoms with Gasteiger partial charge in [0.1, 0.15) is 0 Å². The van der Waals surface area contributed by atoms with Crippen LogP contribution in [0, 0.1) is 0 Å². The van der Waals surface area contributed by atoms with E-state index in [1.165, 1.54) is 0 Å². The van der Waals surface area contributed by atoms with E-state index in [0.29, 0.717) is 0 Å². The summed E-state index contributed by atoms with van der Waals surface area (Å²) in [6.07, 6.45) is 0.856. The molecule has 0 aliphatic heterocycles. The SMILES string of the molecule is CCC(Br)C(=O)N(CC)CC. The topological polar surface area (TPSA) is 20.3 Å². The standard InChI is InChI=1S/C8H16BrNO/c1-4-7(9)8(11)10(5-2)6-3/h7H,4-6H2,1-3H3. The predicted octanol–water partition coefficient (Wildman–Crippen LogP) is 2.03. The van der Waals surface area contributed by atoms with Gasteiger partial charge in [0, 0.05) is 13.1 Å². The maximum absolute atomic E-state index is 11.4. The number of alkyl halides is 1. The van der Waals surface area contributed by atoms with Gasteiger partial charge < -0.3 is 4.90 Å². The Kier molecular flexibility index (Phi) is 5.56. The molecule has 0 rings (SSSR count). The smallest absolute Gasteiger partial charge is 0.236 e. The van der Waals surface area contributed by atoms with Gasteiger partial charge in [0.15, 0.2) is 0 Å². The van der Waals surface area contributed by atoms with Crippen LogP contribution < -0.4 is 0 Å². The first-order chi connectivity index (χ1) is 5.17. The molecule has 0 aromatic heterocycles. The van der Waals surface area contributed by atoms with Gasteiger partial charge in [-0.25, -0.2) is 0 Å². The lowest BCUT2D eigenvalue weighted by atomic mass is 10.3. The fraction of sp³-hybridized carbons (Fsp3) is 0.875. The lowest BCUT2D eigenvalue weighted by Gasteiger charge is -2.20. The molecule has 0 saturated heterocycles. The van der Waals surface area contributed by atoms with Crippen molar-refractivity contribution in [1.82, 2.24) is 4.90 Å². The summed E-state index contributed by atoms with van der Waals surface area (Å²) in [5.74, 6) is 0.206. The van der Waals surface area contributed by atoms with Crippen LogP contribution in [0.25, 0.3) is 0 Å². The van der Waals surface area contributed by atoms with E-state index < -0.39 is 0 Å². The lowest BCUT2D eigenvalue weighted by molar-refractivity contribution is -0.130. The average Bonchev–Trinajstić information content (AvgIpc) is 2.05. The molecule has 0 aromatic carbocycles. The number of rotatable bonds is 4. The summed E-state index contributed by atoms with van der Waals surface area (Å²) in [4.78, 5) is 13.3. The van der Waals surface area contributed by atoms with Crippen molar-refractivity contribution in [2.75, 3.05) is 13.1 Å². The van der Waals surface area contributed by atoms with E-state index in [4.69, 9.17) is 0 Å². The third-order valence-corrected chi connectivity index (χ3v) is 2.74. The fourth-order valence-corrected chi connectivity index (χ4v) is 1.20. The van der Waals surface area contributed by atoms with E-state index in [1.54, 1.807) is 0 Å². The molecular formula is C8H16BrNO. The molecule has 1 unspecified atom stereocenters.